The Kier molecular flexibility index (Phi) is 5.76. The zero-order valence-corrected chi connectivity index (χ0v) is 7.82. The molecule has 0 amide bonds. The van der Waals surface area contributed by atoms with Crippen molar-refractivity contribution in [1.29, 1.82) is 0 Å². The van der Waals surface area contributed by atoms with Gasteiger partial charge in [0.15, 0.2) is 5.78 Å². The normalized spacial score (nSPS) is 8.62. The Morgan fingerprint density at radius 3 is 2.23 bits per heavy atom. The second-order valence-electron chi connectivity index (χ2n) is 2.57. The molecule has 0 fully saturated rings. The largest absolute Gasteiger partial charge is 0.295 e. The highest BCUT2D eigenvalue weighted by atomic mass is 17.0. The topological polar surface area (TPSA) is 57.5 Å². The molecule has 2 N–H and O–H groups in total. The van der Waals surface area contributed by atoms with E-state index in [9.17, 15) is 4.79 Å². The zero-order chi connectivity index (χ0) is 10.3. The van der Waals surface area contributed by atoms with Crippen LogP contribution in [-0.2, 0) is 6.42 Å². The molecule has 0 aromatic heterocycles. The smallest absolute Gasteiger partial charge is 0.160 e. The van der Waals surface area contributed by atoms with Gasteiger partial charge in [0, 0.05) is 5.56 Å². The van der Waals surface area contributed by atoms with E-state index in [4.69, 9.17) is 10.5 Å². The lowest BCUT2D eigenvalue weighted by molar-refractivity contribution is -0.176. The van der Waals surface area contributed by atoms with Crippen LogP contribution in [0.4, 0.5) is 0 Å². The van der Waals surface area contributed by atoms with E-state index >= 15 is 0 Å². The number of ketones is 1. The fourth-order valence-electron chi connectivity index (χ4n) is 1.17. The van der Waals surface area contributed by atoms with Crippen molar-refractivity contribution in [3.05, 3.63) is 35.4 Å². The van der Waals surface area contributed by atoms with Gasteiger partial charge in [0.25, 0.3) is 0 Å². The number of Topliss-reactive ketones (excluding diaryl/α,β-unsaturated/α-hetero) is 1. The van der Waals surface area contributed by atoms with E-state index in [1.54, 1.807) is 6.92 Å². The molecular formula is C10H14O3. The number of hydrogen-bond acceptors (Lipinski definition) is 3. The Labute approximate surface area is 77.6 Å². The molecule has 13 heavy (non-hydrogen) atoms. The van der Waals surface area contributed by atoms with E-state index in [0.29, 0.717) is 0 Å². The average molecular weight is 182 g/mol. The number of benzene rings is 1. The third-order valence-electron chi connectivity index (χ3n) is 1.78. The molecule has 1 aromatic rings. The van der Waals surface area contributed by atoms with Crippen LogP contribution in [0.1, 0.15) is 29.8 Å². The highest BCUT2D eigenvalue weighted by Gasteiger charge is 2.02. The molecule has 0 saturated heterocycles. The summed E-state index contributed by atoms with van der Waals surface area (Å²) in [5.41, 5.74) is 2.00. The first kappa shape index (κ1) is 11.8. The fourth-order valence-corrected chi connectivity index (χ4v) is 1.17. The van der Waals surface area contributed by atoms with E-state index in [0.717, 1.165) is 17.5 Å². The number of carbonyl (C=O) groups is 1. The molecule has 0 heterocycles. The lowest BCUT2D eigenvalue weighted by Gasteiger charge is -2.01. The Morgan fingerprint density at radius 2 is 1.85 bits per heavy atom. The van der Waals surface area contributed by atoms with E-state index in [1.165, 1.54) is 0 Å². The van der Waals surface area contributed by atoms with Crippen molar-refractivity contribution in [1.82, 2.24) is 0 Å². The number of carbonyl (C=O) groups excluding carboxylic acids is 1. The van der Waals surface area contributed by atoms with Crippen LogP contribution in [-0.4, -0.2) is 16.3 Å². The lowest BCUT2D eigenvalue weighted by atomic mass is 10.0. The van der Waals surface area contributed by atoms with Gasteiger partial charge in [-0.3, -0.25) is 15.3 Å². The van der Waals surface area contributed by atoms with Crippen LogP contribution in [0.3, 0.4) is 0 Å². The van der Waals surface area contributed by atoms with Gasteiger partial charge in [0.05, 0.1) is 0 Å². The predicted octanol–water partition coefficient (Wildman–Crippen LogP) is 2.47. The molecule has 0 aliphatic carbocycles. The third kappa shape index (κ3) is 3.36. The van der Waals surface area contributed by atoms with Crippen LogP contribution in [0, 0.1) is 0 Å². The SMILES string of the molecule is CCc1ccccc1C(C)=O.OO. The van der Waals surface area contributed by atoms with Crippen molar-refractivity contribution in [3.63, 3.8) is 0 Å². The average Bonchev–Trinajstić information content (AvgIpc) is 2.20. The summed E-state index contributed by atoms with van der Waals surface area (Å²) in [6.45, 7) is 3.66. The first-order chi connectivity index (χ1) is 6.25. The van der Waals surface area contributed by atoms with Gasteiger partial charge in [-0.05, 0) is 18.9 Å². The van der Waals surface area contributed by atoms with E-state index in [2.05, 4.69) is 6.92 Å². The van der Waals surface area contributed by atoms with Crippen LogP contribution in [0.2, 0.25) is 0 Å². The van der Waals surface area contributed by atoms with Crippen molar-refractivity contribution >= 4 is 5.78 Å². The lowest BCUT2D eigenvalue weighted by Crippen LogP contribution is -1.97. The first-order valence-corrected chi connectivity index (χ1v) is 4.04. The van der Waals surface area contributed by atoms with Gasteiger partial charge in [-0.25, -0.2) is 0 Å². The van der Waals surface area contributed by atoms with Gasteiger partial charge >= 0.3 is 0 Å². The molecule has 0 saturated carbocycles. The third-order valence-corrected chi connectivity index (χ3v) is 1.78. The zero-order valence-electron chi connectivity index (χ0n) is 7.82. The van der Waals surface area contributed by atoms with E-state index in [1.807, 2.05) is 24.3 Å². The van der Waals surface area contributed by atoms with Gasteiger partial charge in [0.1, 0.15) is 0 Å². The summed E-state index contributed by atoms with van der Waals surface area (Å²) in [5, 5.41) is 12.0. The van der Waals surface area contributed by atoms with Crippen molar-refractivity contribution in [3.8, 4) is 0 Å². The Hall–Kier alpha value is -1.19. The Morgan fingerprint density at radius 1 is 1.31 bits per heavy atom. The van der Waals surface area contributed by atoms with Crippen molar-refractivity contribution in [2.75, 3.05) is 0 Å². The molecule has 0 radical (unpaired) electrons. The molecule has 1 rings (SSSR count). The van der Waals surface area contributed by atoms with Gasteiger partial charge < -0.3 is 0 Å². The second-order valence-corrected chi connectivity index (χ2v) is 2.57. The highest BCUT2D eigenvalue weighted by Crippen LogP contribution is 2.09. The molecule has 0 bridgehead atoms. The molecule has 0 spiro atoms. The first-order valence-electron chi connectivity index (χ1n) is 4.04. The maximum absolute atomic E-state index is 11.0. The van der Waals surface area contributed by atoms with Crippen LogP contribution < -0.4 is 0 Å². The van der Waals surface area contributed by atoms with Gasteiger partial charge in [-0.2, -0.15) is 0 Å². The van der Waals surface area contributed by atoms with Crippen LogP contribution in [0.15, 0.2) is 24.3 Å². The van der Waals surface area contributed by atoms with Crippen molar-refractivity contribution < 1.29 is 15.3 Å². The molecule has 0 unspecified atom stereocenters. The Bertz CT molecular complexity index is 269. The predicted molar refractivity (Wildman–Crippen MR) is 51.1 cm³/mol. The van der Waals surface area contributed by atoms with Crippen LogP contribution >= 0.6 is 0 Å². The van der Waals surface area contributed by atoms with Crippen molar-refractivity contribution in [2.24, 2.45) is 0 Å². The van der Waals surface area contributed by atoms with Gasteiger partial charge in [0.2, 0.25) is 0 Å². The number of rotatable bonds is 2. The summed E-state index contributed by atoms with van der Waals surface area (Å²) in [5.74, 6) is 0.155. The minimum Gasteiger partial charge on any atom is -0.295 e. The molecule has 1 aromatic carbocycles. The number of hydrogen-bond donors (Lipinski definition) is 2. The quantitative estimate of drug-likeness (QED) is 0.419. The molecule has 0 aliphatic rings. The van der Waals surface area contributed by atoms with Crippen LogP contribution in [0.5, 0.6) is 0 Å². The van der Waals surface area contributed by atoms with E-state index in [-0.39, 0.29) is 5.78 Å². The monoisotopic (exact) mass is 182 g/mol. The van der Waals surface area contributed by atoms with Gasteiger partial charge in [-0.15, -0.1) is 0 Å². The van der Waals surface area contributed by atoms with E-state index < -0.39 is 0 Å². The summed E-state index contributed by atoms with van der Waals surface area (Å²) in [4.78, 5) is 11.0. The second kappa shape index (κ2) is 6.34. The summed E-state index contributed by atoms with van der Waals surface area (Å²) >= 11 is 0. The standard InChI is InChI=1S/C10H12O.H2O2/c1-3-9-6-4-5-7-10(9)8(2)11;1-2/h4-7H,3H2,1-2H3;1-2H. The fraction of sp³-hybridized carbons (Fsp3) is 0.300. The highest BCUT2D eigenvalue weighted by molar-refractivity contribution is 5.95. The van der Waals surface area contributed by atoms with Crippen molar-refractivity contribution in [2.45, 2.75) is 20.3 Å². The van der Waals surface area contributed by atoms with Crippen LogP contribution in [0.25, 0.3) is 0 Å². The molecule has 0 aliphatic heterocycles. The summed E-state index contributed by atoms with van der Waals surface area (Å²) in [6.07, 6.45) is 0.926. The molecule has 3 heteroatoms. The molecule has 3 nitrogen and oxygen atoms in total. The van der Waals surface area contributed by atoms with Gasteiger partial charge in [-0.1, -0.05) is 31.2 Å². The molecular weight excluding hydrogens is 168 g/mol. The summed E-state index contributed by atoms with van der Waals surface area (Å²) in [7, 11) is 0. The minimum atomic E-state index is 0.155. The molecule has 72 valence electrons. The summed E-state index contributed by atoms with van der Waals surface area (Å²) in [6, 6.07) is 7.74. The summed E-state index contributed by atoms with van der Waals surface area (Å²) < 4.78 is 0. The Balaban J connectivity index is 0.000000671. The molecule has 0 atom stereocenters. The maximum atomic E-state index is 11.0. The maximum Gasteiger partial charge on any atom is 0.160 e. The minimum absolute atomic E-state index is 0.155. The number of aryl methyl sites for hydroxylation is 1.